The van der Waals surface area contributed by atoms with Crippen molar-refractivity contribution >= 4 is 23.6 Å². The molecule has 2 heterocycles. The number of rotatable bonds is 3. The third kappa shape index (κ3) is 2.99. The van der Waals surface area contributed by atoms with E-state index in [9.17, 15) is 9.59 Å². The molecular weight excluding hydrogens is 250 g/mol. The SMILES string of the molecule is C[C@]1(C(=O)O)CCN(C(=O)CC2CCSCC2)C1. The lowest BCUT2D eigenvalue weighted by molar-refractivity contribution is -0.147. The van der Waals surface area contributed by atoms with Gasteiger partial charge in [-0.2, -0.15) is 11.8 Å². The Kier molecular flexibility index (Phi) is 4.20. The summed E-state index contributed by atoms with van der Waals surface area (Å²) in [6, 6.07) is 0. The predicted octanol–water partition coefficient (Wildman–Crippen LogP) is 1.84. The van der Waals surface area contributed by atoms with E-state index in [-0.39, 0.29) is 5.91 Å². The second-order valence-corrected chi connectivity index (χ2v) is 6.92. The predicted molar refractivity (Wildman–Crippen MR) is 71.6 cm³/mol. The van der Waals surface area contributed by atoms with Crippen molar-refractivity contribution in [2.45, 2.75) is 32.6 Å². The van der Waals surface area contributed by atoms with Crippen LogP contribution in [0.2, 0.25) is 0 Å². The fourth-order valence-electron chi connectivity index (χ4n) is 2.68. The molecule has 1 amide bonds. The number of carbonyl (C=O) groups is 2. The fourth-order valence-corrected chi connectivity index (χ4v) is 3.88. The highest BCUT2D eigenvalue weighted by atomic mass is 32.2. The molecule has 2 aliphatic rings. The Morgan fingerprint density at radius 3 is 2.61 bits per heavy atom. The average Bonchev–Trinajstić information content (AvgIpc) is 2.75. The standard InChI is InChI=1S/C13H21NO3S/c1-13(12(16)17)4-5-14(9-13)11(15)8-10-2-6-18-7-3-10/h10H,2-9H2,1H3,(H,16,17)/t13-/m0/s1. The van der Waals surface area contributed by atoms with Crippen molar-refractivity contribution in [2.75, 3.05) is 24.6 Å². The van der Waals surface area contributed by atoms with E-state index in [1.54, 1.807) is 11.8 Å². The van der Waals surface area contributed by atoms with Crippen molar-refractivity contribution in [1.82, 2.24) is 4.90 Å². The van der Waals surface area contributed by atoms with Gasteiger partial charge in [-0.3, -0.25) is 9.59 Å². The van der Waals surface area contributed by atoms with Gasteiger partial charge in [-0.25, -0.2) is 0 Å². The van der Waals surface area contributed by atoms with Crippen molar-refractivity contribution in [3.8, 4) is 0 Å². The molecule has 2 rings (SSSR count). The van der Waals surface area contributed by atoms with Crippen LogP contribution in [0.5, 0.6) is 0 Å². The Balaban J connectivity index is 1.85. The van der Waals surface area contributed by atoms with Gasteiger partial charge in [0.2, 0.25) is 5.91 Å². The molecule has 0 unspecified atom stereocenters. The van der Waals surface area contributed by atoms with E-state index < -0.39 is 11.4 Å². The Morgan fingerprint density at radius 2 is 2.06 bits per heavy atom. The molecule has 0 aromatic heterocycles. The number of aliphatic carboxylic acids is 1. The van der Waals surface area contributed by atoms with Crippen LogP contribution in [0.25, 0.3) is 0 Å². The molecule has 0 aromatic carbocycles. The summed E-state index contributed by atoms with van der Waals surface area (Å²) < 4.78 is 0. The normalized spacial score (nSPS) is 29.5. The first-order chi connectivity index (χ1) is 8.51. The molecule has 2 aliphatic heterocycles. The summed E-state index contributed by atoms with van der Waals surface area (Å²) in [6.07, 6.45) is 3.44. The van der Waals surface area contributed by atoms with Crippen LogP contribution in [0.3, 0.4) is 0 Å². The third-order valence-corrected chi connectivity index (χ3v) is 5.20. The van der Waals surface area contributed by atoms with Gasteiger partial charge in [0, 0.05) is 19.5 Å². The third-order valence-electron chi connectivity index (χ3n) is 4.15. The van der Waals surface area contributed by atoms with Crippen LogP contribution in [-0.4, -0.2) is 46.5 Å². The molecule has 2 saturated heterocycles. The Bertz CT molecular complexity index is 341. The number of thioether (sulfide) groups is 1. The van der Waals surface area contributed by atoms with E-state index in [2.05, 4.69) is 0 Å². The summed E-state index contributed by atoms with van der Waals surface area (Å²) in [4.78, 5) is 25.0. The summed E-state index contributed by atoms with van der Waals surface area (Å²) in [5.74, 6) is 2.19. The van der Waals surface area contributed by atoms with Crippen LogP contribution in [0.1, 0.15) is 32.6 Å². The minimum Gasteiger partial charge on any atom is -0.481 e. The molecule has 0 aliphatic carbocycles. The highest BCUT2D eigenvalue weighted by molar-refractivity contribution is 7.99. The van der Waals surface area contributed by atoms with Gasteiger partial charge in [0.1, 0.15) is 0 Å². The lowest BCUT2D eigenvalue weighted by atomic mass is 9.90. The lowest BCUT2D eigenvalue weighted by Crippen LogP contribution is -2.35. The molecule has 1 atom stereocenters. The number of carboxylic acid groups (broad SMARTS) is 1. The van der Waals surface area contributed by atoms with Crippen molar-refractivity contribution in [3.63, 3.8) is 0 Å². The molecule has 4 nitrogen and oxygen atoms in total. The largest absolute Gasteiger partial charge is 0.481 e. The first-order valence-corrected chi connectivity index (χ1v) is 7.76. The number of carboxylic acids is 1. The number of hydrogen-bond acceptors (Lipinski definition) is 3. The zero-order chi connectivity index (χ0) is 13.2. The van der Waals surface area contributed by atoms with Gasteiger partial charge in [-0.15, -0.1) is 0 Å². The molecule has 0 saturated carbocycles. The van der Waals surface area contributed by atoms with E-state index in [0.717, 1.165) is 24.3 Å². The van der Waals surface area contributed by atoms with Gasteiger partial charge in [0.15, 0.2) is 0 Å². The molecule has 102 valence electrons. The molecule has 0 radical (unpaired) electrons. The van der Waals surface area contributed by atoms with Crippen LogP contribution in [-0.2, 0) is 9.59 Å². The van der Waals surface area contributed by atoms with Crippen molar-refractivity contribution in [1.29, 1.82) is 0 Å². The van der Waals surface area contributed by atoms with Gasteiger partial charge in [0.05, 0.1) is 5.41 Å². The summed E-state index contributed by atoms with van der Waals surface area (Å²) >= 11 is 1.96. The van der Waals surface area contributed by atoms with Gasteiger partial charge in [-0.1, -0.05) is 0 Å². The van der Waals surface area contributed by atoms with Gasteiger partial charge < -0.3 is 10.0 Å². The second-order valence-electron chi connectivity index (χ2n) is 5.69. The maximum atomic E-state index is 12.2. The van der Waals surface area contributed by atoms with Crippen molar-refractivity contribution < 1.29 is 14.7 Å². The smallest absolute Gasteiger partial charge is 0.311 e. The molecule has 5 heteroatoms. The number of likely N-dealkylation sites (tertiary alicyclic amines) is 1. The molecule has 0 spiro atoms. The molecule has 0 aromatic rings. The Hall–Kier alpha value is -0.710. The van der Waals surface area contributed by atoms with Crippen LogP contribution >= 0.6 is 11.8 Å². The van der Waals surface area contributed by atoms with E-state index in [1.807, 2.05) is 11.8 Å². The van der Waals surface area contributed by atoms with Gasteiger partial charge >= 0.3 is 5.97 Å². The molecule has 1 N–H and O–H groups in total. The lowest BCUT2D eigenvalue weighted by Gasteiger charge is -2.24. The number of carbonyl (C=O) groups excluding carboxylic acids is 1. The highest BCUT2D eigenvalue weighted by Gasteiger charge is 2.42. The number of nitrogens with zero attached hydrogens (tertiary/aromatic N) is 1. The maximum Gasteiger partial charge on any atom is 0.311 e. The number of hydrogen-bond donors (Lipinski definition) is 1. The quantitative estimate of drug-likeness (QED) is 0.851. The zero-order valence-electron chi connectivity index (χ0n) is 10.9. The van der Waals surface area contributed by atoms with Gasteiger partial charge in [0.25, 0.3) is 0 Å². The van der Waals surface area contributed by atoms with Crippen molar-refractivity contribution in [3.05, 3.63) is 0 Å². The molecule has 0 bridgehead atoms. The Labute approximate surface area is 112 Å². The summed E-state index contributed by atoms with van der Waals surface area (Å²) in [5, 5.41) is 9.15. The summed E-state index contributed by atoms with van der Waals surface area (Å²) in [5.41, 5.74) is -0.738. The van der Waals surface area contributed by atoms with Crippen LogP contribution in [0, 0.1) is 11.3 Å². The van der Waals surface area contributed by atoms with Crippen molar-refractivity contribution in [2.24, 2.45) is 11.3 Å². The number of amides is 1. The monoisotopic (exact) mass is 271 g/mol. The van der Waals surface area contributed by atoms with Crippen LogP contribution in [0.15, 0.2) is 0 Å². The minimum atomic E-state index is -0.785. The summed E-state index contributed by atoms with van der Waals surface area (Å²) in [7, 11) is 0. The second kappa shape index (κ2) is 5.51. The van der Waals surface area contributed by atoms with E-state index in [0.29, 0.717) is 31.8 Å². The molecular formula is C13H21NO3S. The van der Waals surface area contributed by atoms with Crippen LogP contribution in [0.4, 0.5) is 0 Å². The first kappa shape index (κ1) is 13.7. The van der Waals surface area contributed by atoms with Gasteiger partial charge in [-0.05, 0) is 43.6 Å². The maximum absolute atomic E-state index is 12.2. The average molecular weight is 271 g/mol. The van der Waals surface area contributed by atoms with E-state index >= 15 is 0 Å². The van der Waals surface area contributed by atoms with Crippen LogP contribution < -0.4 is 0 Å². The Morgan fingerprint density at radius 1 is 1.39 bits per heavy atom. The zero-order valence-corrected chi connectivity index (χ0v) is 11.7. The van der Waals surface area contributed by atoms with E-state index in [4.69, 9.17) is 5.11 Å². The minimum absolute atomic E-state index is 0.150. The van der Waals surface area contributed by atoms with E-state index in [1.165, 1.54) is 0 Å². The summed E-state index contributed by atoms with van der Waals surface area (Å²) in [6.45, 7) is 2.71. The molecule has 18 heavy (non-hydrogen) atoms. The fraction of sp³-hybridized carbons (Fsp3) is 0.846. The molecule has 2 fully saturated rings. The topological polar surface area (TPSA) is 57.6 Å². The highest BCUT2D eigenvalue weighted by Crippen LogP contribution is 2.32. The first-order valence-electron chi connectivity index (χ1n) is 6.60.